The molecule has 0 aliphatic carbocycles. The lowest BCUT2D eigenvalue weighted by molar-refractivity contribution is 0.195. The minimum Gasteiger partial charge on any atom is -0.393 e. The molecule has 0 saturated heterocycles. The summed E-state index contributed by atoms with van der Waals surface area (Å²) in [6.45, 7) is 1.67. The van der Waals surface area contributed by atoms with E-state index >= 15 is 0 Å². The van der Waals surface area contributed by atoms with Crippen LogP contribution in [0, 0.1) is 5.82 Å². The molecule has 0 aliphatic rings. The molecule has 84 valence electrons. The number of aromatic nitrogens is 3. The van der Waals surface area contributed by atoms with Gasteiger partial charge in [-0.25, -0.2) is 14.1 Å². The first-order chi connectivity index (χ1) is 7.66. The van der Waals surface area contributed by atoms with Crippen molar-refractivity contribution in [2.24, 2.45) is 0 Å². The fraction of sp³-hybridized carbons (Fsp3) is 0.273. The number of aliphatic hydroxyl groups excluding tert-OH is 1. The van der Waals surface area contributed by atoms with E-state index in [1.54, 1.807) is 19.1 Å². The molecule has 0 amide bonds. The van der Waals surface area contributed by atoms with Crippen molar-refractivity contribution in [1.82, 2.24) is 14.8 Å². The molecule has 1 aromatic carbocycles. The fourth-order valence-electron chi connectivity index (χ4n) is 1.54. The van der Waals surface area contributed by atoms with E-state index in [-0.39, 0.29) is 5.82 Å². The molecule has 0 radical (unpaired) electrons. The van der Waals surface area contributed by atoms with E-state index in [4.69, 9.17) is 0 Å². The Labute approximate surface area is 92.4 Å². The molecule has 1 N–H and O–H groups in total. The van der Waals surface area contributed by atoms with Crippen molar-refractivity contribution in [2.45, 2.75) is 19.4 Å². The molecule has 1 heterocycles. The van der Waals surface area contributed by atoms with Crippen LogP contribution in [0.25, 0.3) is 5.69 Å². The van der Waals surface area contributed by atoms with Gasteiger partial charge in [0.2, 0.25) is 0 Å². The highest BCUT2D eigenvalue weighted by molar-refractivity contribution is 5.35. The predicted molar refractivity (Wildman–Crippen MR) is 56.7 cm³/mol. The second-order valence-corrected chi connectivity index (χ2v) is 3.68. The molecule has 0 saturated carbocycles. The fourth-order valence-corrected chi connectivity index (χ4v) is 1.54. The number of nitrogens with zero attached hydrogens (tertiary/aromatic N) is 3. The minimum absolute atomic E-state index is 0.354. The van der Waals surface area contributed by atoms with Crippen LogP contribution in [0.15, 0.2) is 30.9 Å². The number of hydrogen-bond acceptors (Lipinski definition) is 3. The second kappa shape index (κ2) is 4.40. The number of hydrogen-bond donors (Lipinski definition) is 1. The lowest BCUT2D eigenvalue weighted by Gasteiger charge is -2.07. The summed E-state index contributed by atoms with van der Waals surface area (Å²) in [7, 11) is 0. The van der Waals surface area contributed by atoms with E-state index in [2.05, 4.69) is 10.1 Å². The van der Waals surface area contributed by atoms with Gasteiger partial charge in [-0.3, -0.25) is 0 Å². The maximum atomic E-state index is 13.7. The van der Waals surface area contributed by atoms with Crippen LogP contribution in [0.5, 0.6) is 0 Å². The van der Waals surface area contributed by atoms with Gasteiger partial charge < -0.3 is 5.11 Å². The summed E-state index contributed by atoms with van der Waals surface area (Å²) in [5, 5.41) is 13.1. The quantitative estimate of drug-likeness (QED) is 0.850. The lowest BCUT2D eigenvalue weighted by Crippen LogP contribution is -2.05. The molecule has 1 unspecified atom stereocenters. The number of rotatable bonds is 3. The first-order valence-corrected chi connectivity index (χ1v) is 4.98. The highest BCUT2D eigenvalue weighted by Crippen LogP contribution is 2.15. The summed E-state index contributed by atoms with van der Waals surface area (Å²) in [6.07, 6.45) is 2.75. The van der Waals surface area contributed by atoms with Crippen molar-refractivity contribution < 1.29 is 9.50 Å². The molecular weight excluding hydrogens is 209 g/mol. The van der Waals surface area contributed by atoms with Gasteiger partial charge in [-0.1, -0.05) is 6.07 Å². The minimum atomic E-state index is -0.475. The van der Waals surface area contributed by atoms with Crippen LogP contribution in [0.1, 0.15) is 12.5 Å². The van der Waals surface area contributed by atoms with Crippen LogP contribution in [0.2, 0.25) is 0 Å². The van der Waals surface area contributed by atoms with E-state index in [9.17, 15) is 9.50 Å². The maximum absolute atomic E-state index is 13.7. The van der Waals surface area contributed by atoms with E-state index < -0.39 is 6.10 Å². The zero-order chi connectivity index (χ0) is 11.5. The molecule has 4 nitrogen and oxygen atoms in total. The van der Waals surface area contributed by atoms with Crippen molar-refractivity contribution in [3.8, 4) is 5.69 Å². The largest absolute Gasteiger partial charge is 0.393 e. The highest BCUT2D eigenvalue weighted by atomic mass is 19.1. The Morgan fingerprint density at radius 2 is 2.31 bits per heavy atom. The molecule has 0 bridgehead atoms. The van der Waals surface area contributed by atoms with Crippen molar-refractivity contribution >= 4 is 0 Å². The number of aliphatic hydroxyl groups is 1. The van der Waals surface area contributed by atoms with Gasteiger partial charge >= 0.3 is 0 Å². The average molecular weight is 221 g/mol. The van der Waals surface area contributed by atoms with Crippen molar-refractivity contribution in [2.75, 3.05) is 0 Å². The second-order valence-electron chi connectivity index (χ2n) is 3.68. The standard InChI is InChI=1S/C11H12FN3O/c1-8(16)4-9-2-3-11(10(12)5-9)15-7-13-6-14-15/h2-3,5-8,16H,4H2,1H3. The first kappa shape index (κ1) is 10.8. The van der Waals surface area contributed by atoms with Crippen molar-refractivity contribution in [1.29, 1.82) is 0 Å². The van der Waals surface area contributed by atoms with E-state index in [0.717, 1.165) is 5.56 Å². The first-order valence-electron chi connectivity index (χ1n) is 4.98. The van der Waals surface area contributed by atoms with Gasteiger partial charge in [-0.15, -0.1) is 0 Å². The Kier molecular flexibility index (Phi) is 2.96. The zero-order valence-corrected chi connectivity index (χ0v) is 8.84. The predicted octanol–water partition coefficient (Wildman–Crippen LogP) is 1.33. The third-order valence-corrected chi connectivity index (χ3v) is 2.21. The summed E-state index contributed by atoms with van der Waals surface area (Å²) in [4.78, 5) is 3.76. The van der Waals surface area contributed by atoms with E-state index in [1.165, 1.54) is 23.4 Å². The van der Waals surface area contributed by atoms with Crippen LogP contribution in [0.4, 0.5) is 4.39 Å². The Balaban J connectivity index is 2.30. The molecule has 0 spiro atoms. The Morgan fingerprint density at radius 3 is 2.88 bits per heavy atom. The molecule has 16 heavy (non-hydrogen) atoms. The van der Waals surface area contributed by atoms with Crippen LogP contribution in [0.3, 0.4) is 0 Å². The monoisotopic (exact) mass is 221 g/mol. The van der Waals surface area contributed by atoms with Crippen LogP contribution in [-0.2, 0) is 6.42 Å². The molecule has 2 aromatic rings. The molecule has 5 heteroatoms. The van der Waals surface area contributed by atoms with Crippen molar-refractivity contribution in [3.05, 3.63) is 42.2 Å². The molecule has 0 aliphatic heterocycles. The van der Waals surface area contributed by atoms with Crippen molar-refractivity contribution in [3.63, 3.8) is 0 Å². The van der Waals surface area contributed by atoms with Gasteiger partial charge in [-0.2, -0.15) is 5.10 Å². The van der Waals surface area contributed by atoms with Gasteiger partial charge in [0.05, 0.1) is 6.10 Å². The van der Waals surface area contributed by atoms with Gasteiger partial charge in [-0.05, 0) is 31.0 Å². The number of halogens is 1. The summed E-state index contributed by atoms with van der Waals surface area (Å²) in [6, 6.07) is 4.80. The Hall–Kier alpha value is -1.75. The molecule has 0 fully saturated rings. The molecule has 2 rings (SSSR count). The van der Waals surface area contributed by atoms with Crippen LogP contribution >= 0.6 is 0 Å². The Bertz CT molecular complexity index is 468. The molecule has 1 aromatic heterocycles. The highest BCUT2D eigenvalue weighted by Gasteiger charge is 2.07. The third kappa shape index (κ3) is 2.25. The topological polar surface area (TPSA) is 50.9 Å². The van der Waals surface area contributed by atoms with Gasteiger partial charge in [0.1, 0.15) is 24.2 Å². The van der Waals surface area contributed by atoms with E-state index in [0.29, 0.717) is 12.1 Å². The zero-order valence-electron chi connectivity index (χ0n) is 8.84. The summed E-state index contributed by atoms with van der Waals surface area (Å²) < 4.78 is 15.1. The van der Waals surface area contributed by atoms with Crippen LogP contribution < -0.4 is 0 Å². The van der Waals surface area contributed by atoms with E-state index in [1.807, 2.05) is 0 Å². The van der Waals surface area contributed by atoms with Gasteiger partial charge in [0.25, 0.3) is 0 Å². The van der Waals surface area contributed by atoms with Gasteiger partial charge in [0.15, 0.2) is 0 Å². The smallest absolute Gasteiger partial charge is 0.149 e. The molecule has 1 atom stereocenters. The lowest BCUT2D eigenvalue weighted by atomic mass is 10.1. The van der Waals surface area contributed by atoms with Crippen LogP contribution in [-0.4, -0.2) is 26.0 Å². The average Bonchev–Trinajstić information content (AvgIpc) is 2.69. The third-order valence-electron chi connectivity index (χ3n) is 2.21. The summed E-state index contributed by atoms with van der Waals surface area (Å²) in [5.41, 5.74) is 1.11. The van der Waals surface area contributed by atoms with Gasteiger partial charge in [0, 0.05) is 0 Å². The Morgan fingerprint density at radius 1 is 1.50 bits per heavy atom. The molecular formula is C11H12FN3O. The maximum Gasteiger partial charge on any atom is 0.149 e. The number of benzene rings is 1. The summed E-state index contributed by atoms with van der Waals surface area (Å²) >= 11 is 0. The summed E-state index contributed by atoms with van der Waals surface area (Å²) in [5.74, 6) is -0.372. The SMILES string of the molecule is CC(O)Cc1ccc(-n2cncn2)c(F)c1. The normalized spacial score (nSPS) is 12.7.